The molecule has 0 aliphatic carbocycles. The monoisotopic (exact) mass is 503 g/mol. The van der Waals surface area contributed by atoms with E-state index in [1.54, 1.807) is 11.8 Å². The summed E-state index contributed by atoms with van der Waals surface area (Å²) in [6, 6.07) is 21.1. The average molecular weight is 504 g/mol. The second-order valence-corrected chi connectivity index (χ2v) is 9.67. The molecule has 0 fully saturated rings. The summed E-state index contributed by atoms with van der Waals surface area (Å²) in [4.78, 5) is 2.24. The number of hydrogen-bond acceptors (Lipinski definition) is 5. The van der Waals surface area contributed by atoms with Gasteiger partial charge in [0.25, 0.3) is 0 Å². The van der Waals surface area contributed by atoms with E-state index in [1.807, 2.05) is 18.2 Å². The van der Waals surface area contributed by atoms with Gasteiger partial charge in [0, 0.05) is 29.4 Å². The predicted molar refractivity (Wildman–Crippen MR) is 132 cm³/mol. The van der Waals surface area contributed by atoms with E-state index in [4.69, 9.17) is 0 Å². The second-order valence-electron chi connectivity index (χ2n) is 7.89. The summed E-state index contributed by atoms with van der Waals surface area (Å²) in [7, 11) is 0. The van der Waals surface area contributed by atoms with Gasteiger partial charge in [0.1, 0.15) is 22.5 Å². The van der Waals surface area contributed by atoms with Crippen LogP contribution < -0.4 is 0 Å². The van der Waals surface area contributed by atoms with Crippen molar-refractivity contribution in [1.82, 2.24) is 19.7 Å². The minimum atomic E-state index is 0.593. The molecule has 3 aromatic rings. The Labute approximate surface area is 200 Å². The molecule has 1 aromatic heterocycles. The Kier molecular flexibility index (Phi) is 6.15. The first kappa shape index (κ1) is 21.0. The lowest BCUT2D eigenvalue weighted by atomic mass is 10.1. The maximum atomic E-state index is 10.2. The maximum absolute atomic E-state index is 10.2. The molecule has 0 radical (unpaired) electrons. The highest BCUT2D eigenvalue weighted by Crippen LogP contribution is 2.44. The first-order chi connectivity index (χ1) is 15.7. The van der Waals surface area contributed by atoms with E-state index in [9.17, 15) is 5.26 Å². The normalized spacial score (nSPS) is 17.4. The summed E-state index contributed by atoms with van der Waals surface area (Å²) in [6.45, 7) is 1.55. The molecule has 2 aliphatic heterocycles. The zero-order chi connectivity index (χ0) is 21.9. The molecule has 5 rings (SSSR count). The minimum Gasteiger partial charge on any atom is -0.329 e. The lowest BCUT2D eigenvalue weighted by Crippen LogP contribution is -2.18. The van der Waals surface area contributed by atoms with Gasteiger partial charge in [-0.3, -0.25) is 0 Å². The molecule has 3 heterocycles. The summed E-state index contributed by atoms with van der Waals surface area (Å²) in [6.07, 6.45) is 4.33. The molecule has 0 saturated carbocycles. The highest BCUT2D eigenvalue weighted by molar-refractivity contribution is 9.10. The fourth-order valence-electron chi connectivity index (χ4n) is 4.17. The van der Waals surface area contributed by atoms with Crippen molar-refractivity contribution in [2.75, 3.05) is 0 Å². The quantitative estimate of drug-likeness (QED) is 0.396. The first-order valence-electron chi connectivity index (χ1n) is 10.8. The number of aromatic nitrogens is 3. The SMILES string of the molecule is N#C/C(=C1\SC=C(c2ccc(Br)cc2)N1Cc1ccccc1)c1nnc2n1CCCCC2. The van der Waals surface area contributed by atoms with Gasteiger partial charge in [-0.15, -0.1) is 10.2 Å². The van der Waals surface area contributed by atoms with Crippen LogP contribution in [-0.4, -0.2) is 19.7 Å². The third-order valence-corrected chi connectivity index (χ3v) is 7.32. The highest BCUT2D eigenvalue weighted by Gasteiger charge is 2.29. The van der Waals surface area contributed by atoms with Gasteiger partial charge in [-0.1, -0.05) is 76.6 Å². The van der Waals surface area contributed by atoms with Crippen molar-refractivity contribution >= 4 is 39.0 Å². The van der Waals surface area contributed by atoms with E-state index in [0.29, 0.717) is 17.9 Å². The summed E-state index contributed by atoms with van der Waals surface area (Å²) in [5.74, 6) is 1.68. The number of thioether (sulfide) groups is 1. The summed E-state index contributed by atoms with van der Waals surface area (Å²) >= 11 is 5.12. The Morgan fingerprint density at radius 1 is 1.03 bits per heavy atom. The van der Waals surface area contributed by atoms with Crippen LogP contribution in [0.2, 0.25) is 0 Å². The van der Waals surface area contributed by atoms with E-state index in [2.05, 4.69) is 83.5 Å². The van der Waals surface area contributed by atoms with Gasteiger partial charge in [-0.25, -0.2) is 0 Å². The zero-order valence-corrected chi connectivity index (χ0v) is 19.9. The fourth-order valence-corrected chi connectivity index (χ4v) is 5.47. The molecular formula is C25H22BrN5S. The molecule has 0 spiro atoms. The molecule has 2 aliphatic rings. The van der Waals surface area contributed by atoms with Crippen molar-refractivity contribution in [3.63, 3.8) is 0 Å². The number of benzene rings is 2. The molecule has 2 aromatic carbocycles. The molecular weight excluding hydrogens is 482 g/mol. The average Bonchev–Trinajstić information content (AvgIpc) is 3.32. The molecule has 32 heavy (non-hydrogen) atoms. The molecule has 160 valence electrons. The Hall–Kier alpha value is -2.82. The van der Waals surface area contributed by atoms with Gasteiger partial charge in [0.05, 0.1) is 5.70 Å². The van der Waals surface area contributed by atoms with Gasteiger partial charge in [-0.05, 0) is 36.1 Å². The number of fused-ring (bicyclic) bond motifs is 1. The number of hydrogen-bond donors (Lipinski definition) is 0. The van der Waals surface area contributed by atoms with Crippen LogP contribution in [-0.2, 0) is 19.5 Å². The van der Waals surface area contributed by atoms with Gasteiger partial charge in [0.2, 0.25) is 0 Å². The van der Waals surface area contributed by atoms with Crippen LogP contribution in [0.4, 0.5) is 0 Å². The van der Waals surface area contributed by atoms with Gasteiger partial charge >= 0.3 is 0 Å². The fraction of sp³-hybridized carbons (Fsp3) is 0.240. The zero-order valence-electron chi connectivity index (χ0n) is 17.5. The van der Waals surface area contributed by atoms with Crippen molar-refractivity contribution in [2.45, 2.75) is 38.8 Å². The lowest BCUT2D eigenvalue weighted by Gasteiger charge is -2.25. The highest BCUT2D eigenvalue weighted by atomic mass is 79.9. The van der Waals surface area contributed by atoms with E-state index < -0.39 is 0 Å². The number of halogens is 1. The van der Waals surface area contributed by atoms with E-state index in [0.717, 1.165) is 52.4 Å². The maximum Gasteiger partial charge on any atom is 0.177 e. The Bertz CT molecular complexity index is 1220. The lowest BCUT2D eigenvalue weighted by molar-refractivity contribution is 0.521. The number of nitrogens with zero attached hydrogens (tertiary/aromatic N) is 5. The molecule has 0 saturated heterocycles. The topological polar surface area (TPSA) is 57.7 Å². The van der Waals surface area contributed by atoms with Crippen LogP contribution in [0.3, 0.4) is 0 Å². The number of aryl methyl sites for hydroxylation is 1. The molecule has 5 nitrogen and oxygen atoms in total. The smallest absolute Gasteiger partial charge is 0.177 e. The minimum absolute atomic E-state index is 0.593. The molecule has 0 unspecified atom stereocenters. The second kappa shape index (κ2) is 9.35. The standard InChI is InChI=1S/C25H22BrN5S/c26-20-12-10-19(11-13-20)22-17-32-25(31(22)16-18-7-3-1-4-8-18)21(15-27)24-29-28-23-9-5-2-6-14-30(23)24/h1,3-4,7-8,10-13,17H,2,5-6,9,14,16H2/b25-21+. The number of rotatable bonds is 4. The number of allylic oxidation sites excluding steroid dienone is 1. The van der Waals surface area contributed by atoms with Crippen molar-refractivity contribution in [1.29, 1.82) is 5.26 Å². The Balaban J connectivity index is 1.60. The predicted octanol–water partition coefficient (Wildman–Crippen LogP) is 6.21. The van der Waals surface area contributed by atoms with Crippen LogP contribution in [0.1, 0.15) is 42.0 Å². The first-order valence-corrected chi connectivity index (χ1v) is 12.4. The molecule has 0 amide bonds. The van der Waals surface area contributed by atoms with E-state index >= 15 is 0 Å². The van der Waals surface area contributed by atoms with Crippen LogP contribution in [0.15, 0.2) is 69.5 Å². The Morgan fingerprint density at radius 3 is 2.62 bits per heavy atom. The van der Waals surface area contributed by atoms with Crippen LogP contribution in [0.5, 0.6) is 0 Å². The van der Waals surface area contributed by atoms with Crippen LogP contribution in [0.25, 0.3) is 11.3 Å². The Morgan fingerprint density at radius 2 is 1.84 bits per heavy atom. The summed E-state index contributed by atoms with van der Waals surface area (Å²) in [5.41, 5.74) is 3.98. The third kappa shape index (κ3) is 4.13. The van der Waals surface area contributed by atoms with Crippen LogP contribution >= 0.6 is 27.7 Å². The van der Waals surface area contributed by atoms with Gasteiger partial charge in [-0.2, -0.15) is 5.26 Å². The van der Waals surface area contributed by atoms with Crippen molar-refractivity contribution < 1.29 is 0 Å². The van der Waals surface area contributed by atoms with E-state index in [1.165, 1.54) is 12.0 Å². The number of nitriles is 1. The third-order valence-electron chi connectivity index (χ3n) is 5.80. The van der Waals surface area contributed by atoms with Gasteiger partial charge < -0.3 is 9.47 Å². The van der Waals surface area contributed by atoms with Crippen molar-refractivity contribution in [2.24, 2.45) is 0 Å². The molecule has 0 atom stereocenters. The summed E-state index contributed by atoms with van der Waals surface area (Å²) < 4.78 is 3.19. The van der Waals surface area contributed by atoms with Gasteiger partial charge in [0.15, 0.2) is 5.82 Å². The van der Waals surface area contributed by atoms with Crippen molar-refractivity contribution in [3.05, 3.63) is 92.3 Å². The molecule has 0 N–H and O–H groups in total. The van der Waals surface area contributed by atoms with Crippen molar-refractivity contribution in [3.8, 4) is 6.07 Å². The summed E-state index contributed by atoms with van der Waals surface area (Å²) in [5, 5.41) is 22.2. The van der Waals surface area contributed by atoms with Crippen LogP contribution in [0, 0.1) is 11.3 Å². The molecule has 0 bridgehead atoms. The molecule has 7 heteroatoms. The van der Waals surface area contributed by atoms with E-state index in [-0.39, 0.29) is 0 Å². The largest absolute Gasteiger partial charge is 0.329 e.